The van der Waals surface area contributed by atoms with Gasteiger partial charge in [-0.05, 0) is 24.6 Å². The summed E-state index contributed by atoms with van der Waals surface area (Å²) >= 11 is 1.60. The fourth-order valence-corrected chi connectivity index (χ4v) is 4.58. The maximum Gasteiger partial charge on any atom is 0.221 e. The number of fused-ring (bicyclic) bond motifs is 1. The Morgan fingerprint density at radius 2 is 2.12 bits per heavy atom. The maximum absolute atomic E-state index is 12.5. The van der Waals surface area contributed by atoms with Crippen molar-refractivity contribution in [3.63, 3.8) is 0 Å². The van der Waals surface area contributed by atoms with E-state index in [1.807, 2.05) is 53.9 Å². The molecule has 0 saturated heterocycles. The van der Waals surface area contributed by atoms with Gasteiger partial charge in [0.25, 0.3) is 0 Å². The average Bonchev–Trinajstić information content (AvgIpc) is 3.23. The van der Waals surface area contributed by atoms with Crippen molar-refractivity contribution < 1.29 is 14.3 Å². The molecule has 2 heterocycles. The van der Waals surface area contributed by atoms with Crippen LogP contribution in [-0.4, -0.2) is 42.1 Å². The highest BCUT2D eigenvalue weighted by atomic mass is 32.1. The maximum atomic E-state index is 12.5. The van der Waals surface area contributed by atoms with Gasteiger partial charge in [0, 0.05) is 42.6 Å². The smallest absolute Gasteiger partial charge is 0.221 e. The molecule has 168 valence electrons. The second-order valence-corrected chi connectivity index (χ2v) is 8.75. The fourth-order valence-electron chi connectivity index (χ4n) is 3.75. The Labute approximate surface area is 193 Å². The van der Waals surface area contributed by atoms with E-state index in [9.17, 15) is 4.79 Å². The Kier molecular flexibility index (Phi) is 7.39. The van der Waals surface area contributed by atoms with Gasteiger partial charge in [0.15, 0.2) is 0 Å². The van der Waals surface area contributed by atoms with Gasteiger partial charge in [-0.3, -0.25) is 9.69 Å². The molecular formula is C25H29N3O3S. The molecule has 1 N–H and O–H groups in total. The van der Waals surface area contributed by atoms with Gasteiger partial charge in [0.2, 0.25) is 5.91 Å². The van der Waals surface area contributed by atoms with Crippen LogP contribution in [0, 0.1) is 0 Å². The van der Waals surface area contributed by atoms with Gasteiger partial charge in [-0.1, -0.05) is 37.3 Å². The lowest BCUT2D eigenvalue weighted by Crippen LogP contribution is -2.35. The third-order valence-corrected chi connectivity index (χ3v) is 6.51. The van der Waals surface area contributed by atoms with Gasteiger partial charge in [0.05, 0.1) is 19.3 Å². The van der Waals surface area contributed by atoms with E-state index in [1.54, 1.807) is 18.4 Å². The Morgan fingerprint density at radius 3 is 2.91 bits per heavy atom. The summed E-state index contributed by atoms with van der Waals surface area (Å²) in [7, 11) is 1.67. The number of aromatic nitrogens is 1. The van der Waals surface area contributed by atoms with Crippen molar-refractivity contribution in [2.45, 2.75) is 39.0 Å². The highest BCUT2D eigenvalue weighted by Gasteiger charge is 2.22. The predicted molar refractivity (Wildman–Crippen MR) is 127 cm³/mol. The summed E-state index contributed by atoms with van der Waals surface area (Å²) in [4.78, 5) is 19.4. The van der Waals surface area contributed by atoms with Crippen LogP contribution in [0.3, 0.4) is 0 Å². The van der Waals surface area contributed by atoms with Crippen LogP contribution in [-0.2, 0) is 17.9 Å². The first-order valence-electron chi connectivity index (χ1n) is 11.0. The normalized spacial score (nSPS) is 16.0. The molecule has 3 aromatic rings. The first-order chi connectivity index (χ1) is 15.6. The summed E-state index contributed by atoms with van der Waals surface area (Å²) in [6, 6.07) is 16.0. The average molecular weight is 452 g/mol. The summed E-state index contributed by atoms with van der Waals surface area (Å²) in [5, 5.41) is 5.99. The molecule has 1 aromatic heterocycles. The van der Waals surface area contributed by atoms with Crippen molar-refractivity contribution in [1.82, 2.24) is 15.2 Å². The number of carbonyl (C=O) groups excluding carboxylic acids is 1. The molecule has 0 radical (unpaired) electrons. The van der Waals surface area contributed by atoms with Crippen LogP contribution in [0.4, 0.5) is 0 Å². The third-order valence-electron chi connectivity index (χ3n) is 5.57. The summed E-state index contributed by atoms with van der Waals surface area (Å²) in [5.41, 5.74) is 3.08. The Bertz CT molecular complexity index is 1040. The van der Waals surface area contributed by atoms with Crippen molar-refractivity contribution in [1.29, 1.82) is 0 Å². The number of methoxy groups -OCH3 is 1. The minimum atomic E-state index is 0.0309. The van der Waals surface area contributed by atoms with E-state index in [0.717, 1.165) is 52.8 Å². The van der Waals surface area contributed by atoms with E-state index in [0.29, 0.717) is 19.5 Å². The van der Waals surface area contributed by atoms with Gasteiger partial charge in [-0.2, -0.15) is 0 Å². The number of amides is 1. The lowest BCUT2D eigenvalue weighted by Gasteiger charge is -2.22. The highest BCUT2D eigenvalue weighted by Crippen LogP contribution is 2.29. The Morgan fingerprint density at radius 1 is 1.28 bits per heavy atom. The molecule has 1 aliphatic rings. The van der Waals surface area contributed by atoms with Crippen LogP contribution in [0.2, 0.25) is 0 Å². The van der Waals surface area contributed by atoms with E-state index in [-0.39, 0.29) is 12.0 Å². The molecule has 0 saturated carbocycles. The number of thiazole rings is 1. The third kappa shape index (κ3) is 5.66. The van der Waals surface area contributed by atoms with E-state index in [1.165, 1.54) is 0 Å². The second-order valence-electron chi connectivity index (χ2n) is 7.89. The zero-order valence-corrected chi connectivity index (χ0v) is 19.4. The topological polar surface area (TPSA) is 63.7 Å². The minimum absolute atomic E-state index is 0.0309. The lowest BCUT2D eigenvalue weighted by molar-refractivity contribution is -0.121. The zero-order chi connectivity index (χ0) is 22.3. The van der Waals surface area contributed by atoms with Crippen LogP contribution in [0.15, 0.2) is 53.9 Å². The van der Waals surface area contributed by atoms with E-state index < -0.39 is 0 Å². The summed E-state index contributed by atoms with van der Waals surface area (Å²) in [6.45, 7) is 4.79. The number of nitrogens with one attached hydrogen (secondary N) is 1. The molecule has 2 aromatic carbocycles. The summed E-state index contributed by atoms with van der Waals surface area (Å²) in [5.74, 6) is 1.75. The van der Waals surface area contributed by atoms with E-state index >= 15 is 0 Å². The summed E-state index contributed by atoms with van der Waals surface area (Å²) in [6.07, 6.45) is 1.46. The highest BCUT2D eigenvalue weighted by molar-refractivity contribution is 7.13. The molecular weight excluding hydrogens is 422 g/mol. The van der Waals surface area contributed by atoms with E-state index in [2.05, 4.69) is 22.1 Å². The predicted octanol–water partition coefficient (Wildman–Crippen LogP) is 4.50. The number of rotatable bonds is 8. The number of hydrogen-bond acceptors (Lipinski definition) is 6. The molecule has 7 heteroatoms. The largest absolute Gasteiger partial charge is 0.497 e. The molecule has 32 heavy (non-hydrogen) atoms. The first-order valence-corrected chi connectivity index (χ1v) is 11.8. The fraction of sp³-hybridized carbons (Fsp3) is 0.360. The van der Waals surface area contributed by atoms with Crippen LogP contribution < -0.4 is 14.8 Å². The minimum Gasteiger partial charge on any atom is -0.497 e. The molecule has 1 amide bonds. The molecule has 0 spiro atoms. The molecule has 0 fully saturated rings. The van der Waals surface area contributed by atoms with Crippen LogP contribution in [0.25, 0.3) is 10.6 Å². The summed E-state index contributed by atoms with van der Waals surface area (Å²) < 4.78 is 11.6. The van der Waals surface area contributed by atoms with Crippen LogP contribution in [0.1, 0.15) is 31.0 Å². The van der Waals surface area contributed by atoms with Crippen molar-refractivity contribution >= 4 is 17.2 Å². The van der Waals surface area contributed by atoms with Gasteiger partial charge < -0.3 is 14.8 Å². The molecule has 0 bridgehead atoms. The van der Waals surface area contributed by atoms with Crippen molar-refractivity contribution in [2.24, 2.45) is 0 Å². The molecule has 0 unspecified atom stereocenters. The van der Waals surface area contributed by atoms with Gasteiger partial charge in [-0.25, -0.2) is 4.98 Å². The second kappa shape index (κ2) is 10.6. The zero-order valence-electron chi connectivity index (χ0n) is 18.5. The van der Waals surface area contributed by atoms with Gasteiger partial charge >= 0.3 is 0 Å². The van der Waals surface area contributed by atoms with Crippen LogP contribution >= 0.6 is 11.3 Å². The number of carbonyl (C=O) groups is 1. The lowest BCUT2D eigenvalue weighted by atomic mass is 10.1. The molecule has 1 aliphatic heterocycles. The van der Waals surface area contributed by atoms with Crippen LogP contribution in [0.5, 0.6) is 11.5 Å². The molecule has 6 nitrogen and oxygen atoms in total. The first kappa shape index (κ1) is 22.3. The number of nitrogens with zero attached hydrogens (tertiary/aromatic N) is 2. The molecule has 4 rings (SSSR count). The molecule has 0 aliphatic carbocycles. The standard InChI is InChI=1S/C25H29N3O3S/c1-3-21-16-28(15-19-13-22(30-2)9-10-23(19)31-21)12-11-24(29)26-14-20-17-32-25(27-20)18-7-5-4-6-8-18/h4-10,13,17,21H,3,11-12,14-16H2,1-2H3,(H,26,29)/t21-/m1/s1. The van der Waals surface area contributed by atoms with Gasteiger partial charge in [0.1, 0.15) is 22.6 Å². The molecule has 1 atom stereocenters. The SMILES string of the molecule is CC[C@@H]1CN(CCC(=O)NCc2csc(-c3ccccc3)n2)Cc2cc(OC)ccc2O1. The van der Waals surface area contributed by atoms with Crippen molar-refractivity contribution in [3.8, 4) is 22.1 Å². The number of ether oxygens (including phenoxy) is 2. The Hall–Kier alpha value is -2.90. The number of hydrogen-bond donors (Lipinski definition) is 1. The Balaban J connectivity index is 1.30. The quantitative estimate of drug-likeness (QED) is 0.546. The van der Waals surface area contributed by atoms with Gasteiger partial charge in [-0.15, -0.1) is 11.3 Å². The number of benzene rings is 2. The van der Waals surface area contributed by atoms with Crippen molar-refractivity contribution in [2.75, 3.05) is 20.2 Å². The monoisotopic (exact) mass is 451 g/mol. The van der Waals surface area contributed by atoms with E-state index in [4.69, 9.17) is 9.47 Å². The van der Waals surface area contributed by atoms with Crippen molar-refractivity contribution in [3.05, 3.63) is 65.2 Å².